The molecule has 0 saturated carbocycles. The maximum absolute atomic E-state index is 11.7. The zero-order valence-electron chi connectivity index (χ0n) is 11.4. The summed E-state index contributed by atoms with van der Waals surface area (Å²) in [4.78, 5) is 11.7. The van der Waals surface area contributed by atoms with Crippen LogP contribution in [0, 0.1) is 0 Å². The standard InChI is InChI=1S/C15H12ClN3O3/c16-11-3-1-2-4-12(11)18-15(20)19-17-8-10-5-6-13-14(7-10)22-9-21-13/h1-8H,9H2,(H2,18,19,20)/b17-8+. The topological polar surface area (TPSA) is 72.0 Å². The molecule has 0 bridgehead atoms. The quantitative estimate of drug-likeness (QED) is 0.674. The van der Waals surface area contributed by atoms with Crippen molar-refractivity contribution in [1.82, 2.24) is 5.43 Å². The fourth-order valence-corrected chi connectivity index (χ4v) is 2.05. The Morgan fingerprint density at radius 2 is 2.00 bits per heavy atom. The molecule has 3 rings (SSSR count). The van der Waals surface area contributed by atoms with Crippen LogP contribution in [0.1, 0.15) is 5.56 Å². The SMILES string of the molecule is O=C(N/N=C/c1ccc2c(c1)OCO2)Nc1ccccc1Cl. The molecule has 0 atom stereocenters. The van der Waals surface area contributed by atoms with Crippen LogP contribution >= 0.6 is 11.6 Å². The third-order valence-corrected chi connectivity index (χ3v) is 3.23. The highest BCUT2D eigenvalue weighted by Gasteiger charge is 2.12. The first-order chi connectivity index (χ1) is 10.7. The van der Waals surface area contributed by atoms with Gasteiger partial charge in [-0.3, -0.25) is 0 Å². The molecular weight excluding hydrogens is 306 g/mol. The van der Waals surface area contributed by atoms with Gasteiger partial charge in [0.1, 0.15) is 0 Å². The summed E-state index contributed by atoms with van der Waals surface area (Å²) in [6, 6.07) is 11.8. The maximum Gasteiger partial charge on any atom is 0.339 e. The number of para-hydroxylation sites is 1. The van der Waals surface area contributed by atoms with Gasteiger partial charge in [-0.05, 0) is 35.9 Å². The molecule has 2 N–H and O–H groups in total. The second kappa shape index (κ2) is 6.36. The van der Waals surface area contributed by atoms with E-state index in [2.05, 4.69) is 15.8 Å². The summed E-state index contributed by atoms with van der Waals surface area (Å²) in [5.74, 6) is 1.35. The van der Waals surface area contributed by atoms with Gasteiger partial charge in [0.05, 0.1) is 16.9 Å². The number of carbonyl (C=O) groups is 1. The number of hydrogen-bond acceptors (Lipinski definition) is 4. The van der Waals surface area contributed by atoms with Crippen LogP contribution < -0.4 is 20.2 Å². The molecule has 22 heavy (non-hydrogen) atoms. The second-order valence-corrected chi connectivity index (χ2v) is 4.82. The molecule has 0 spiro atoms. The molecule has 2 amide bonds. The Morgan fingerprint density at radius 1 is 1.18 bits per heavy atom. The minimum Gasteiger partial charge on any atom is -0.454 e. The number of urea groups is 1. The van der Waals surface area contributed by atoms with E-state index in [-0.39, 0.29) is 6.79 Å². The number of ether oxygens (including phenoxy) is 2. The van der Waals surface area contributed by atoms with Gasteiger partial charge in [-0.15, -0.1) is 0 Å². The first-order valence-corrected chi connectivity index (χ1v) is 6.84. The Balaban J connectivity index is 1.58. The second-order valence-electron chi connectivity index (χ2n) is 4.42. The summed E-state index contributed by atoms with van der Waals surface area (Å²) in [7, 11) is 0. The highest BCUT2D eigenvalue weighted by molar-refractivity contribution is 6.33. The van der Waals surface area contributed by atoms with Crippen molar-refractivity contribution in [2.45, 2.75) is 0 Å². The predicted molar refractivity (Wildman–Crippen MR) is 83.8 cm³/mol. The van der Waals surface area contributed by atoms with Crippen LogP contribution in [-0.2, 0) is 0 Å². The van der Waals surface area contributed by atoms with Crippen LogP contribution in [0.4, 0.5) is 10.5 Å². The van der Waals surface area contributed by atoms with Gasteiger partial charge in [0.2, 0.25) is 6.79 Å². The number of hydrazone groups is 1. The summed E-state index contributed by atoms with van der Waals surface area (Å²) in [6.45, 7) is 0.217. The average Bonchev–Trinajstić information content (AvgIpc) is 2.97. The molecule has 112 valence electrons. The van der Waals surface area contributed by atoms with Crippen LogP contribution in [0.3, 0.4) is 0 Å². The average molecular weight is 318 g/mol. The smallest absolute Gasteiger partial charge is 0.339 e. The van der Waals surface area contributed by atoms with Crippen LogP contribution in [0.5, 0.6) is 11.5 Å². The predicted octanol–water partition coefficient (Wildman–Crippen LogP) is 3.22. The third-order valence-electron chi connectivity index (χ3n) is 2.90. The van der Waals surface area contributed by atoms with Crippen molar-refractivity contribution < 1.29 is 14.3 Å². The first-order valence-electron chi connectivity index (χ1n) is 6.46. The van der Waals surface area contributed by atoms with Gasteiger partial charge < -0.3 is 14.8 Å². The van der Waals surface area contributed by atoms with Crippen molar-refractivity contribution >= 4 is 29.5 Å². The van der Waals surface area contributed by atoms with E-state index in [1.807, 2.05) is 6.07 Å². The Bertz CT molecular complexity index is 734. The largest absolute Gasteiger partial charge is 0.454 e. The third kappa shape index (κ3) is 3.29. The Kier molecular flexibility index (Phi) is 4.11. The molecule has 1 aliphatic rings. The van der Waals surface area contributed by atoms with E-state index < -0.39 is 6.03 Å². The lowest BCUT2D eigenvalue weighted by Crippen LogP contribution is -2.24. The first kappa shape index (κ1) is 14.2. The number of benzene rings is 2. The molecule has 0 radical (unpaired) electrons. The minimum atomic E-state index is -0.481. The molecule has 2 aromatic carbocycles. The van der Waals surface area contributed by atoms with Crippen LogP contribution in [-0.4, -0.2) is 19.0 Å². The monoisotopic (exact) mass is 317 g/mol. The molecule has 0 fully saturated rings. The molecule has 0 aliphatic carbocycles. The molecule has 0 saturated heterocycles. The van der Waals surface area contributed by atoms with Gasteiger partial charge in [0.15, 0.2) is 11.5 Å². The lowest BCUT2D eigenvalue weighted by molar-refractivity contribution is 0.174. The lowest BCUT2D eigenvalue weighted by Gasteiger charge is -2.05. The summed E-state index contributed by atoms with van der Waals surface area (Å²) in [6.07, 6.45) is 1.51. The van der Waals surface area contributed by atoms with Gasteiger partial charge in [-0.2, -0.15) is 5.10 Å². The van der Waals surface area contributed by atoms with Gasteiger partial charge in [-0.1, -0.05) is 23.7 Å². The molecule has 1 heterocycles. The summed E-state index contributed by atoms with van der Waals surface area (Å²) >= 11 is 5.95. The Morgan fingerprint density at radius 3 is 2.86 bits per heavy atom. The number of nitrogens with one attached hydrogen (secondary N) is 2. The number of anilines is 1. The molecule has 6 nitrogen and oxygen atoms in total. The molecule has 7 heteroatoms. The molecule has 2 aromatic rings. The number of halogens is 1. The van der Waals surface area contributed by atoms with E-state index in [1.165, 1.54) is 6.21 Å². The maximum atomic E-state index is 11.7. The zero-order valence-corrected chi connectivity index (χ0v) is 12.1. The lowest BCUT2D eigenvalue weighted by atomic mass is 10.2. The molecule has 0 unspecified atom stereocenters. The zero-order chi connectivity index (χ0) is 15.4. The van der Waals surface area contributed by atoms with E-state index in [4.69, 9.17) is 21.1 Å². The van der Waals surface area contributed by atoms with Crippen molar-refractivity contribution in [3.05, 3.63) is 53.1 Å². The highest BCUT2D eigenvalue weighted by atomic mass is 35.5. The molecule has 1 aliphatic heterocycles. The number of hydrogen-bond donors (Lipinski definition) is 2. The summed E-state index contributed by atoms with van der Waals surface area (Å²) < 4.78 is 10.5. The van der Waals surface area contributed by atoms with E-state index in [0.717, 1.165) is 5.56 Å². The fourth-order valence-electron chi connectivity index (χ4n) is 1.87. The summed E-state index contributed by atoms with van der Waals surface area (Å²) in [5, 5.41) is 6.92. The Hall–Kier alpha value is -2.73. The van der Waals surface area contributed by atoms with Crippen LogP contribution in [0.15, 0.2) is 47.6 Å². The number of carbonyl (C=O) groups excluding carboxylic acids is 1. The number of fused-ring (bicyclic) bond motifs is 1. The summed E-state index contributed by atoms with van der Waals surface area (Å²) in [5.41, 5.74) is 3.66. The number of rotatable bonds is 3. The molecular formula is C15H12ClN3O3. The molecule has 0 aromatic heterocycles. The van der Waals surface area contributed by atoms with E-state index in [0.29, 0.717) is 22.2 Å². The van der Waals surface area contributed by atoms with Crippen molar-refractivity contribution in [3.63, 3.8) is 0 Å². The van der Waals surface area contributed by atoms with E-state index in [9.17, 15) is 4.79 Å². The van der Waals surface area contributed by atoms with Gasteiger partial charge in [0.25, 0.3) is 0 Å². The highest BCUT2D eigenvalue weighted by Crippen LogP contribution is 2.31. The number of amides is 2. The van der Waals surface area contributed by atoms with Crippen molar-refractivity contribution in [1.29, 1.82) is 0 Å². The number of nitrogens with zero attached hydrogens (tertiary/aromatic N) is 1. The van der Waals surface area contributed by atoms with Gasteiger partial charge in [-0.25, -0.2) is 10.2 Å². The van der Waals surface area contributed by atoms with Gasteiger partial charge in [0, 0.05) is 0 Å². The van der Waals surface area contributed by atoms with Crippen LogP contribution in [0.25, 0.3) is 0 Å². The van der Waals surface area contributed by atoms with Crippen LogP contribution in [0.2, 0.25) is 5.02 Å². The van der Waals surface area contributed by atoms with Crippen molar-refractivity contribution in [2.75, 3.05) is 12.1 Å². The van der Waals surface area contributed by atoms with Gasteiger partial charge >= 0.3 is 6.03 Å². The van der Waals surface area contributed by atoms with Crippen molar-refractivity contribution in [3.8, 4) is 11.5 Å². The minimum absolute atomic E-state index is 0.217. The Labute approximate surface area is 131 Å². The van der Waals surface area contributed by atoms with E-state index >= 15 is 0 Å². The fraction of sp³-hybridized carbons (Fsp3) is 0.0667. The normalized spacial score (nSPS) is 12.4. The van der Waals surface area contributed by atoms with E-state index in [1.54, 1.807) is 36.4 Å². The van der Waals surface area contributed by atoms with Crippen molar-refractivity contribution in [2.24, 2.45) is 5.10 Å².